The van der Waals surface area contributed by atoms with Crippen molar-refractivity contribution < 1.29 is 8.42 Å². The molecule has 2 rings (SSSR count). The van der Waals surface area contributed by atoms with Gasteiger partial charge in [-0.25, -0.2) is 8.42 Å². The number of sulfonamides is 1. The molecule has 0 bridgehead atoms. The third-order valence-electron chi connectivity index (χ3n) is 4.83. The van der Waals surface area contributed by atoms with E-state index in [1.807, 2.05) is 0 Å². The molecule has 1 aliphatic heterocycles. The summed E-state index contributed by atoms with van der Waals surface area (Å²) in [6.07, 6.45) is 7.88. The molecule has 5 heteroatoms. The topological polar surface area (TPSA) is 63.4 Å². The molecule has 2 atom stereocenters. The minimum absolute atomic E-state index is 0.0161. The molecule has 1 saturated carbocycles. The highest BCUT2D eigenvalue weighted by molar-refractivity contribution is 7.89. The molecule has 2 N–H and O–H groups in total. The van der Waals surface area contributed by atoms with Gasteiger partial charge in [-0.15, -0.1) is 0 Å². The number of piperidine rings is 1. The molecule has 19 heavy (non-hydrogen) atoms. The van der Waals surface area contributed by atoms with Crippen LogP contribution in [0.3, 0.4) is 0 Å². The predicted octanol–water partition coefficient (Wildman–Crippen LogP) is 1.96. The van der Waals surface area contributed by atoms with Gasteiger partial charge in [0.25, 0.3) is 0 Å². The predicted molar refractivity (Wildman–Crippen MR) is 78.3 cm³/mol. The Bertz CT molecular complexity index is 377. The van der Waals surface area contributed by atoms with Crippen molar-refractivity contribution >= 4 is 10.0 Å². The van der Waals surface area contributed by atoms with Gasteiger partial charge in [0.05, 0.1) is 5.75 Å². The van der Waals surface area contributed by atoms with Gasteiger partial charge in [0.2, 0.25) is 10.0 Å². The van der Waals surface area contributed by atoms with E-state index in [1.54, 1.807) is 4.31 Å². The van der Waals surface area contributed by atoms with Crippen molar-refractivity contribution in [1.29, 1.82) is 0 Å². The summed E-state index contributed by atoms with van der Waals surface area (Å²) in [5.41, 5.74) is 5.81. The van der Waals surface area contributed by atoms with E-state index in [9.17, 15) is 8.42 Å². The van der Waals surface area contributed by atoms with Crippen LogP contribution in [0.5, 0.6) is 0 Å². The molecule has 1 heterocycles. The normalized spacial score (nSPS) is 31.5. The van der Waals surface area contributed by atoms with Gasteiger partial charge >= 0.3 is 0 Å². The monoisotopic (exact) mass is 288 g/mol. The SMILES string of the molecule is CC1CCCN(S(=O)(=O)CC2CCCCC2)C1CN. The van der Waals surface area contributed by atoms with E-state index in [2.05, 4.69) is 6.92 Å². The standard InChI is InChI=1S/C14H28N2O2S/c1-12-6-5-9-16(14(12)10-15)19(17,18)11-13-7-3-2-4-8-13/h12-14H,2-11,15H2,1H3. The molecule has 0 amide bonds. The van der Waals surface area contributed by atoms with Crippen molar-refractivity contribution in [2.24, 2.45) is 17.6 Å². The van der Waals surface area contributed by atoms with Gasteiger partial charge in [-0.05, 0) is 37.5 Å². The van der Waals surface area contributed by atoms with Crippen LogP contribution in [0.25, 0.3) is 0 Å². The molecule has 4 nitrogen and oxygen atoms in total. The molecular formula is C14H28N2O2S. The van der Waals surface area contributed by atoms with Crippen molar-refractivity contribution in [3.05, 3.63) is 0 Å². The number of rotatable bonds is 4. The molecule has 1 aliphatic carbocycles. The van der Waals surface area contributed by atoms with Crippen LogP contribution in [0.4, 0.5) is 0 Å². The lowest BCUT2D eigenvalue weighted by Gasteiger charge is -2.39. The summed E-state index contributed by atoms with van der Waals surface area (Å²) in [5.74, 6) is 1.10. The highest BCUT2D eigenvalue weighted by Crippen LogP contribution is 2.29. The van der Waals surface area contributed by atoms with Crippen LogP contribution in [0.2, 0.25) is 0 Å². The van der Waals surface area contributed by atoms with E-state index in [1.165, 1.54) is 19.3 Å². The Balaban J connectivity index is 2.04. The van der Waals surface area contributed by atoms with Gasteiger partial charge in [0.1, 0.15) is 0 Å². The molecule has 2 aliphatic rings. The maximum absolute atomic E-state index is 12.6. The molecule has 2 unspecified atom stereocenters. The van der Waals surface area contributed by atoms with Crippen LogP contribution >= 0.6 is 0 Å². The first-order valence-corrected chi connectivity index (χ1v) is 9.35. The molecule has 2 fully saturated rings. The first kappa shape index (κ1) is 15.3. The summed E-state index contributed by atoms with van der Waals surface area (Å²) in [5, 5.41) is 0. The average molecular weight is 288 g/mol. The van der Waals surface area contributed by atoms with E-state index >= 15 is 0 Å². The van der Waals surface area contributed by atoms with Crippen molar-refractivity contribution in [2.45, 2.75) is 57.9 Å². The second-order valence-electron chi connectivity index (χ2n) is 6.32. The van der Waals surface area contributed by atoms with Crippen LogP contribution < -0.4 is 5.73 Å². The fourth-order valence-electron chi connectivity index (χ4n) is 3.65. The summed E-state index contributed by atoms with van der Waals surface area (Å²) in [7, 11) is -3.12. The minimum atomic E-state index is -3.12. The maximum atomic E-state index is 12.6. The zero-order valence-electron chi connectivity index (χ0n) is 12.1. The second-order valence-corrected chi connectivity index (χ2v) is 8.28. The summed E-state index contributed by atoms with van der Waals surface area (Å²) >= 11 is 0. The summed E-state index contributed by atoms with van der Waals surface area (Å²) < 4.78 is 27.0. The van der Waals surface area contributed by atoms with Crippen molar-refractivity contribution in [1.82, 2.24) is 4.31 Å². The van der Waals surface area contributed by atoms with Crippen molar-refractivity contribution in [2.75, 3.05) is 18.8 Å². The summed E-state index contributed by atoms with van der Waals surface area (Å²) in [4.78, 5) is 0. The molecule has 0 aromatic carbocycles. The molecule has 1 saturated heterocycles. The average Bonchev–Trinajstić information content (AvgIpc) is 2.39. The van der Waals surface area contributed by atoms with Crippen LogP contribution in [0.15, 0.2) is 0 Å². The second kappa shape index (κ2) is 6.55. The molecule has 0 radical (unpaired) electrons. The Morgan fingerprint density at radius 3 is 2.42 bits per heavy atom. The van der Waals surface area contributed by atoms with Crippen LogP contribution in [0, 0.1) is 11.8 Å². The summed E-state index contributed by atoms with van der Waals surface area (Å²) in [6.45, 7) is 3.24. The Kier molecular flexibility index (Phi) is 5.26. The zero-order valence-corrected chi connectivity index (χ0v) is 12.9. The van der Waals surface area contributed by atoms with Gasteiger partial charge in [-0.2, -0.15) is 4.31 Å². The van der Waals surface area contributed by atoms with E-state index < -0.39 is 10.0 Å². The third kappa shape index (κ3) is 3.70. The van der Waals surface area contributed by atoms with Crippen LogP contribution in [0.1, 0.15) is 51.9 Å². The van der Waals surface area contributed by atoms with E-state index in [0.717, 1.165) is 25.7 Å². The van der Waals surface area contributed by atoms with Gasteiger partial charge in [0, 0.05) is 19.1 Å². The number of nitrogens with two attached hydrogens (primary N) is 1. The number of hydrogen-bond acceptors (Lipinski definition) is 3. The van der Waals surface area contributed by atoms with Gasteiger partial charge < -0.3 is 5.73 Å². The van der Waals surface area contributed by atoms with E-state index in [-0.39, 0.29) is 6.04 Å². The zero-order chi connectivity index (χ0) is 13.9. The Morgan fingerprint density at radius 1 is 1.11 bits per heavy atom. The first-order valence-electron chi connectivity index (χ1n) is 7.74. The number of nitrogens with zero attached hydrogens (tertiary/aromatic N) is 1. The highest BCUT2D eigenvalue weighted by Gasteiger charge is 2.36. The van der Waals surface area contributed by atoms with Crippen LogP contribution in [-0.4, -0.2) is 37.6 Å². The Labute approximate surface area is 117 Å². The van der Waals surface area contributed by atoms with Crippen molar-refractivity contribution in [3.63, 3.8) is 0 Å². The smallest absolute Gasteiger partial charge is 0.214 e. The van der Waals surface area contributed by atoms with E-state index in [4.69, 9.17) is 5.73 Å². The lowest BCUT2D eigenvalue weighted by atomic mass is 9.91. The fourth-order valence-corrected chi connectivity index (χ4v) is 5.89. The van der Waals surface area contributed by atoms with Crippen LogP contribution in [-0.2, 0) is 10.0 Å². The molecule has 0 aromatic rings. The van der Waals surface area contributed by atoms with Crippen molar-refractivity contribution in [3.8, 4) is 0 Å². The lowest BCUT2D eigenvalue weighted by Crippen LogP contribution is -2.52. The summed E-state index contributed by atoms with van der Waals surface area (Å²) in [6, 6.07) is 0.0161. The van der Waals surface area contributed by atoms with E-state index in [0.29, 0.717) is 30.7 Å². The van der Waals surface area contributed by atoms with Gasteiger partial charge in [0.15, 0.2) is 0 Å². The number of hydrogen-bond donors (Lipinski definition) is 1. The molecule has 0 spiro atoms. The maximum Gasteiger partial charge on any atom is 0.214 e. The van der Waals surface area contributed by atoms with Gasteiger partial charge in [-0.1, -0.05) is 26.2 Å². The quantitative estimate of drug-likeness (QED) is 0.860. The fraction of sp³-hybridized carbons (Fsp3) is 1.00. The Morgan fingerprint density at radius 2 is 1.79 bits per heavy atom. The Hall–Kier alpha value is -0.130. The minimum Gasteiger partial charge on any atom is -0.329 e. The highest BCUT2D eigenvalue weighted by atomic mass is 32.2. The molecule has 0 aromatic heterocycles. The lowest BCUT2D eigenvalue weighted by molar-refractivity contribution is 0.191. The molecule has 112 valence electrons. The molecular weight excluding hydrogens is 260 g/mol. The third-order valence-corrected chi connectivity index (χ3v) is 6.90. The van der Waals surface area contributed by atoms with Gasteiger partial charge in [-0.3, -0.25) is 0 Å². The largest absolute Gasteiger partial charge is 0.329 e. The first-order chi connectivity index (χ1) is 9.04.